The highest BCUT2D eigenvalue weighted by Crippen LogP contribution is 2.05. The summed E-state index contributed by atoms with van der Waals surface area (Å²) in [5.41, 5.74) is 0.746. The molecule has 0 unspecified atom stereocenters. The molecule has 0 atom stereocenters. The summed E-state index contributed by atoms with van der Waals surface area (Å²) in [6.07, 6.45) is 1.07. The highest BCUT2D eigenvalue weighted by atomic mass is 32.2. The van der Waals surface area contributed by atoms with E-state index >= 15 is 0 Å². The van der Waals surface area contributed by atoms with Gasteiger partial charge in [-0.25, -0.2) is 12.8 Å². The number of hydrogen-bond donors (Lipinski definition) is 1. The third kappa shape index (κ3) is 5.26. The van der Waals surface area contributed by atoms with Crippen molar-refractivity contribution in [2.24, 2.45) is 0 Å². The lowest BCUT2D eigenvalue weighted by Gasteiger charge is -2.23. The van der Waals surface area contributed by atoms with Gasteiger partial charge >= 0.3 is 0 Å². The molecule has 0 aromatic heterocycles. The van der Waals surface area contributed by atoms with Crippen molar-refractivity contribution >= 4 is 15.9 Å². The first-order valence-corrected chi connectivity index (χ1v) is 8.03. The molecule has 0 radical (unpaired) electrons. The molecule has 1 rings (SSSR count). The van der Waals surface area contributed by atoms with Crippen molar-refractivity contribution in [2.75, 3.05) is 12.8 Å². The first-order chi connectivity index (χ1) is 9.20. The number of halogens is 1. The van der Waals surface area contributed by atoms with Crippen LogP contribution in [-0.4, -0.2) is 37.5 Å². The standard InChI is InChI=1S/C13H19FN2O3S/c1-10(2)16(20(3,18)19)9-13(17)15-8-11-4-6-12(14)7-5-11/h4-7,10H,8-9H2,1-3H3,(H,15,17). The maximum absolute atomic E-state index is 12.7. The van der Waals surface area contributed by atoms with Crippen molar-refractivity contribution in [1.82, 2.24) is 9.62 Å². The number of carbonyl (C=O) groups is 1. The van der Waals surface area contributed by atoms with Gasteiger partial charge in [-0.15, -0.1) is 0 Å². The van der Waals surface area contributed by atoms with Gasteiger partial charge in [-0.1, -0.05) is 12.1 Å². The van der Waals surface area contributed by atoms with E-state index in [9.17, 15) is 17.6 Å². The molecule has 0 heterocycles. The van der Waals surface area contributed by atoms with Gasteiger partial charge < -0.3 is 5.32 Å². The van der Waals surface area contributed by atoms with Crippen LogP contribution in [0.2, 0.25) is 0 Å². The highest BCUT2D eigenvalue weighted by Gasteiger charge is 2.22. The lowest BCUT2D eigenvalue weighted by Crippen LogP contribution is -2.43. The van der Waals surface area contributed by atoms with Crippen LogP contribution >= 0.6 is 0 Å². The van der Waals surface area contributed by atoms with Crippen molar-refractivity contribution in [1.29, 1.82) is 0 Å². The van der Waals surface area contributed by atoms with E-state index in [2.05, 4.69) is 5.32 Å². The molecule has 1 amide bonds. The average Bonchev–Trinajstić information content (AvgIpc) is 2.33. The fourth-order valence-corrected chi connectivity index (χ4v) is 2.80. The predicted molar refractivity (Wildman–Crippen MR) is 74.9 cm³/mol. The molecule has 0 fully saturated rings. The van der Waals surface area contributed by atoms with Gasteiger partial charge in [0.15, 0.2) is 0 Å². The number of rotatable bonds is 6. The Kier molecular flexibility index (Phi) is 5.64. The second-order valence-corrected chi connectivity index (χ2v) is 6.74. The zero-order valence-electron chi connectivity index (χ0n) is 11.8. The Labute approximate surface area is 118 Å². The molecule has 1 N–H and O–H groups in total. The van der Waals surface area contributed by atoms with Gasteiger partial charge in [0.1, 0.15) is 5.82 Å². The van der Waals surface area contributed by atoms with E-state index in [-0.39, 0.29) is 24.9 Å². The summed E-state index contributed by atoms with van der Waals surface area (Å²) in [6, 6.07) is 5.44. The smallest absolute Gasteiger partial charge is 0.235 e. The first-order valence-electron chi connectivity index (χ1n) is 6.18. The Balaban J connectivity index is 2.57. The van der Waals surface area contributed by atoms with Gasteiger partial charge in [0.05, 0.1) is 12.8 Å². The van der Waals surface area contributed by atoms with E-state index in [4.69, 9.17) is 0 Å². The molecule has 0 spiro atoms. The molecule has 0 aliphatic rings. The van der Waals surface area contributed by atoms with Crippen LogP contribution in [0.15, 0.2) is 24.3 Å². The summed E-state index contributed by atoms with van der Waals surface area (Å²) >= 11 is 0. The van der Waals surface area contributed by atoms with Crippen molar-refractivity contribution < 1.29 is 17.6 Å². The van der Waals surface area contributed by atoms with Crippen LogP contribution in [0.4, 0.5) is 4.39 Å². The molecular formula is C13H19FN2O3S. The third-order valence-corrected chi connectivity index (χ3v) is 4.11. The van der Waals surface area contributed by atoms with Crippen LogP contribution in [0.5, 0.6) is 0 Å². The van der Waals surface area contributed by atoms with Crippen molar-refractivity contribution in [3.8, 4) is 0 Å². The Morgan fingerprint density at radius 2 is 1.85 bits per heavy atom. The molecule has 0 aliphatic carbocycles. The zero-order valence-corrected chi connectivity index (χ0v) is 12.6. The highest BCUT2D eigenvalue weighted by molar-refractivity contribution is 7.88. The maximum atomic E-state index is 12.7. The maximum Gasteiger partial charge on any atom is 0.235 e. The van der Waals surface area contributed by atoms with Crippen LogP contribution in [0.25, 0.3) is 0 Å². The van der Waals surface area contributed by atoms with E-state index in [1.165, 1.54) is 12.1 Å². The minimum atomic E-state index is -3.42. The van der Waals surface area contributed by atoms with Crippen LogP contribution < -0.4 is 5.32 Å². The number of amides is 1. The number of sulfonamides is 1. The Bertz CT molecular complexity index is 555. The van der Waals surface area contributed by atoms with Gasteiger partial charge in [0, 0.05) is 12.6 Å². The minimum absolute atomic E-state index is 0.225. The van der Waals surface area contributed by atoms with E-state index in [1.54, 1.807) is 26.0 Å². The number of nitrogens with one attached hydrogen (secondary N) is 1. The monoisotopic (exact) mass is 302 g/mol. The van der Waals surface area contributed by atoms with Crippen LogP contribution in [0.1, 0.15) is 19.4 Å². The quantitative estimate of drug-likeness (QED) is 0.856. The molecule has 0 bridgehead atoms. The van der Waals surface area contributed by atoms with Crippen molar-refractivity contribution in [3.05, 3.63) is 35.6 Å². The van der Waals surface area contributed by atoms with E-state index in [1.807, 2.05) is 0 Å². The van der Waals surface area contributed by atoms with Gasteiger partial charge in [0.25, 0.3) is 0 Å². The van der Waals surface area contributed by atoms with Crippen LogP contribution in [0, 0.1) is 5.82 Å². The molecule has 0 saturated heterocycles. The lowest BCUT2D eigenvalue weighted by molar-refractivity contribution is -0.121. The van der Waals surface area contributed by atoms with Crippen LogP contribution in [-0.2, 0) is 21.4 Å². The summed E-state index contributed by atoms with van der Waals surface area (Å²) in [5.74, 6) is -0.739. The molecule has 0 saturated carbocycles. The van der Waals surface area contributed by atoms with Gasteiger partial charge in [-0.2, -0.15) is 4.31 Å². The normalized spacial score (nSPS) is 11.9. The molecule has 5 nitrogen and oxygen atoms in total. The molecular weight excluding hydrogens is 283 g/mol. The summed E-state index contributed by atoms with van der Waals surface area (Å²) in [5, 5.41) is 2.61. The van der Waals surface area contributed by atoms with E-state index < -0.39 is 15.9 Å². The number of nitrogens with zero attached hydrogens (tertiary/aromatic N) is 1. The molecule has 1 aromatic carbocycles. The Morgan fingerprint density at radius 1 is 1.30 bits per heavy atom. The van der Waals surface area contributed by atoms with Crippen molar-refractivity contribution in [3.63, 3.8) is 0 Å². The molecule has 7 heteroatoms. The summed E-state index contributed by atoms with van der Waals surface area (Å²) in [7, 11) is -3.42. The topological polar surface area (TPSA) is 66.5 Å². The van der Waals surface area contributed by atoms with E-state index in [0.29, 0.717) is 0 Å². The molecule has 20 heavy (non-hydrogen) atoms. The fraction of sp³-hybridized carbons (Fsp3) is 0.462. The summed E-state index contributed by atoms with van der Waals surface area (Å²) < 4.78 is 36.9. The number of benzene rings is 1. The van der Waals surface area contributed by atoms with Gasteiger partial charge in [0.2, 0.25) is 15.9 Å². The molecule has 112 valence electrons. The third-order valence-electron chi connectivity index (χ3n) is 2.70. The van der Waals surface area contributed by atoms with Crippen LogP contribution in [0.3, 0.4) is 0 Å². The number of carbonyl (C=O) groups excluding carboxylic acids is 1. The molecule has 0 aliphatic heterocycles. The zero-order chi connectivity index (χ0) is 15.3. The second-order valence-electron chi connectivity index (χ2n) is 4.81. The number of hydrogen-bond acceptors (Lipinski definition) is 3. The minimum Gasteiger partial charge on any atom is -0.351 e. The largest absolute Gasteiger partial charge is 0.351 e. The second kappa shape index (κ2) is 6.81. The summed E-state index contributed by atoms with van der Waals surface area (Å²) in [4.78, 5) is 11.8. The SMILES string of the molecule is CC(C)N(CC(=O)NCc1ccc(F)cc1)S(C)(=O)=O. The Hall–Kier alpha value is -1.47. The first kappa shape index (κ1) is 16.6. The average molecular weight is 302 g/mol. The lowest BCUT2D eigenvalue weighted by atomic mass is 10.2. The Morgan fingerprint density at radius 3 is 2.30 bits per heavy atom. The fourth-order valence-electron chi connectivity index (χ4n) is 1.68. The predicted octanol–water partition coefficient (Wildman–Crippen LogP) is 1.11. The summed E-state index contributed by atoms with van der Waals surface area (Å²) in [6.45, 7) is 3.41. The molecule has 1 aromatic rings. The van der Waals surface area contributed by atoms with E-state index in [0.717, 1.165) is 16.1 Å². The van der Waals surface area contributed by atoms with Gasteiger partial charge in [-0.3, -0.25) is 4.79 Å². The van der Waals surface area contributed by atoms with Crippen molar-refractivity contribution in [2.45, 2.75) is 26.4 Å². The van der Waals surface area contributed by atoms with Gasteiger partial charge in [-0.05, 0) is 31.5 Å².